The number of hydrogen-bond donors (Lipinski definition) is 2. The summed E-state index contributed by atoms with van der Waals surface area (Å²) in [6.45, 7) is 0.146. The molecule has 0 aliphatic carbocycles. The molecule has 8 nitrogen and oxygen atoms in total. The number of fused-ring (bicyclic) bond motifs is 2. The first-order valence-electron chi connectivity index (χ1n) is 8.99. The predicted octanol–water partition coefficient (Wildman–Crippen LogP) is 3.75. The second kappa shape index (κ2) is 7.45. The van der Waals surface area contributed by atoms with Crippen LogP contribution in [0.3, 0.4) is 0 Å². The first kappa shape index (κ1) is 18.1. The van der Waals surface area contributed by atoms with Crippen LogP contribution in [0.15, 0.2) is 65.3 Å². The summed E-state index contributed by atoms with van der Waals surface area (Å²) in [5, 5.41) is 5.79. The predicted molar refractivity (Wildman–Crippen MR) is 113 cm³/mol. The minimum Gasteiger partial charge on any atom is -0.454 e. The van der Waals surface area contributed by atoms with Gasteiger partial charge >= 0.3 is 0 Å². The minimum absolute atomic E-state index is 0.146. The van der Waals surface area contributed by atoms with Crippen molar-refractivity contribution in [2.24, 2.45) is 0 Å². The first-order chi connectivity index (χ1) is 14.7. The first-order valence-corrected chi connectivity index (χ1v) is 9.39. The Kier molecular flexibility index (Phi) is 4.49. The number of nitrogens with one attached hydrogen (secondary N) is 2. The molecule has 0 fully saturated rings. The molecule has 0 bridgehead atoms. The minimum atomic E-state index is -0.354. The quantitative estimate of drug-likeness (QED) is 0.486. The summed E-state index contributed by atoms with van der Waals surface area (Å²) in [6, 6.07) is 14.0. The Bertz CT molecular complexity index is 1270. The molecule has 1 aliphatic rings. The average molecular weight is 418 g/mol. The van der Waals surface area contributed by atoms with Crippen molar-refractivity contribution in [2.45, 2.75) is 0 Å². The van der Waals surface area contributed by atoms with Gasteiger partial charge in [-0.05, 0) is 60.7 Å². The van der Waals surface area contributed by atoms with Crippen LogP contribution in [0.1, 0.15) is 10.4 Å². The van der Waals surface area contributed by atoms with Crippen molar-refractivity contribution in [3.8, 4) is 23.0 Å². The van der Waals surface area contributed by atoms with E-state index in [0.29, 0.717) is 39.7 Å². The Balaban J connectivity index is 1.29. The number of aromatic nitrogens is 2. The van der Waals surface area contributed by atoms with E-state index in [0.717, 1.165) is 5.56 Å². The standard InChI is InChI=1S/C21H14N4O4S/c26-19(12-3-5-17-18(8-12)28-11-27-17)25-21(30)23-14-4-6-16-15(9-14)24-20(29-16)13-2-1-7-22-10-13/h1-10H,11H2,(H2,23,25,26,30). The molecule has 3 heterocycles. The van der Waals surface area contributed by atoms with Crippen molar-refractivity contribution in [3.05, 3.63) is 66.5 Å². The summed E-state index contributed by atoms with van der Waals surface area (Å²) in [7, 11) is 0. The van der Waals surface area contributed by atoms with Gasteiger partial charge in [0.2, 0.25) is 12.7 Å². The van der Waals surface area contributed by atoms with E-state index in [-0.39, 0.29) is 17.8 Å². The Morgan fingerprint density at radius 3 is 2.83 bits per heavy atom. The van der Waals surface area contributed by atoms with Crippen LogP contribution in [0.25, 0.3) is 22.6 Å². The molecule has 2 aromatic heterocycles. The van der Waals surface area contributed by atoms with Crippen LogP contribution in [0.4, 0.5) is 5.69 Å². The highest BCUT2D eigenvalue weighted by molar-refractivity contribution is 7.80. The smallest absolute Gasteiger partial charge is 0.257 e. The van der Waals surface area contributed by atoms with E-state index in [2.05, 4.69) is 20.6 Å². The van der Waals surface area contributed by atoms with Gasteiger partial charge in [-0.3, -0.25) is 15.1 Å². The Morgan fingerprint density at radius 1 is 1.07 bits per heavy atom. The zero-order valence-electron chi connectivity index (χ0n) is 15.4. The fourth-order valence-electron chi connectivity index (χ4n) is 2.99. The van der Waals surface area contributed by atoms with E-state index in [9.17, 15) is 4.79 Å². The maximum absolute atomic E-state index is 12.4. The zero-order chi connectivity index (χ0) is 20.5. The summed E-state index contributed by atoms with van der Waals surface area (Å²) < 4.78 is 16.3. The normalized spacial score (nSPS) is 12.0. The lowest BCUT2D eigenvalue weighted by Crippen LogP contribution is -2.34. The highest BCUT2D eigenvalue weighted by atomic mass is 32.1. The number of nitrogens with zero attached hydrogens (tertiary/aromatic N) is 2. The molecule has 0 atom stereocenters. The molecular weight excluding hydrogens is 404 g/mol. The Morgan fingerprint density at radius 2 is 1.97 bits per heavy atom. The van der Waals surface area contributed by atoms with Crippen molar-refractivity contribution in [1.82, 2.24) is 15.3 Å². The van der Waals surface area contributed by atoms with Gasteiger partial charge in [0.25, 0.3) is 5.91 Å². The Hall–Kier alpha value is -3.98. The maximum atomic E-state index is 12.4. The molecule has 0 unspecified atom stereocenters. The summed E-state index contributed by atoms with van der Waals surface area (Å²) >= 11 is 5.27. The van der Waals surface area contributed by atoms with E-state index in [1.165, 1.54) is 0 Å². The number of pyridine rings is 1. The number of hydrogen-bond acceptors (Lipinski definition) is 7. The van der Waals surface area contributed by atoms with Gasteiger partial charge in [-0.2, -0.15) is 0 Å². The SMILES string of the molecule is O=C(NC(=S)Nc1ccc2oc(-c3cccnc3)nc2c1)c1ccc2c(c1)OCO2. The number of oxazole rings is 1. The Labute approximate surface area is 175 Å². The van der Waals surface area contributed by atoms with Crippen LogP contribution in [0.5, 0.6) is 11.5 Å². The van der Waals surface area contributed by atoms with Gasteiger partial charge < -0.3 is 19.2 Å². The third-order valence-corrected chi connectivity index (χ3v) is 4.62. The van der Waals surface area contributed by atoms with E-state index < -0.39 is 0 Å². The number of thiocarbonyl (C=S) groups is 1. The van der Waals surface area contributed by atoms with Gasteiger partial charge in [0.1, 0.15) is 5.52 Å². The van der Waals surface area contributed by atoms with Gasteiger partial charge in [0, 0.05) is 23.6 Å². The topological polar surface area (TPSA) is 98.5 Å². The van der Waals surface area contributed by atoms with Crippen molar-refractivity contribution in [2.75, 3.05) is 12.1 Å². The number of carbonyl (C=O) groups excluding carboxylic acids is 1. The average Bonchev–Trinajstić information content (AvgIpc) is 3.40. The van der Waals surface area contributed by atoms with Gasteiger partial charge in [0.15, 0.2) is 22.2 Å². The lowest BCUT2D eigenvalue weighted by atomic mass is 10.2. The molecule has 0 saturated heterocycles. The zero-order valence-corrected chi connectivity index (χ0v) is 16.2. The number of rotatable bonds is 3. The van der Waals surface area contributed by atoms with E-state index >= 15 is 0 Å². The molecule has 9 heteroatoms. The number of anilines is 1. The lowest BCUT2D eigenvalue weighted by molar-refractivity contribution is 0.0977. The summed E-state index contributed by atoms with van der Waals surface area (Å²) in [5.41, 5.74) is 3.16. The molecular formula is C21H14N4O4S. The third-order valence-electron chi connectivity index (χ3n) is 4.42. The molecule has 0 saturated carbocycles. The lowest BCUT2D eigenvalue weighted by Gasteiger charge is -2.09. The fraction of sp³-hybridized carbons (Fsp3) is 0.0476. The van der Waals surface area contributed by atoms with E-state index in [1.54, 1.807) is 48.8 Å². The number of ether oxygens (including phenoxy) is 2. The largest absolute Gasteiger partial charge is 0.454 e. The van der Waals surface area contributed by atoms with Gasteiger partial charge in [-0.1, -0.05) is 0 Å². The van der Waals surface area contributed by atoms with Gasteiger partial charge in [0.05, 0.1) is 5.56 Å². The molecule has 148 valence electrons. The maximum Gasteiger partial charge on any atom is 0.257 e. The summed E-state index contributed by atoms with van der Waals surface area (Å²) in [5.74, 6) is 1.27. The van der Waals surface area contributed by atoms with Crippen molar-refractivity contribution >= 4 is 40.0 Å². The molecule has 2 N–H and O–H groups in total. The molecule has 1 amide bonds. The van der Waals surface area contributed by atoms with Crippen LogP contribution in [-0.2, 0) is 0 Å². The van der Waals surface area contributed by atoms with Crippen LogP contribution in [0, 0.1) is 0 Å². The van der Waals surface area contributed by atoms with E-state index in [4.69, 9.17) is 26.1 Å². The van der Waals surface area contributed by atoms with Crippen molar-refractivity contribution in [1.29, 1.82) is 0 Å². The van der Waals surface area contributed by atoms with Crippen molar-refractivity contribution < 1.29 is 18.7 Å². The number of amides is 1. The fourth-order valence-corrected chi connectivity index (χ4v) is 3.20. The third kappa shape index (κ3) is 3.53. The number of carbonyl (C=O) groups is 1. The molecule has 0 radical (unpaired) electrons. The van der Waals surface area contributed by atoms with Gasteiger partial charge in [-0.25, -0.2) is 4.98 Å². The second-order valence-corrected chi connectivity index (χ2v) is 6.83. The van der Waals surface area contributed by atoms with Crippen molar-refractivity contribution in [3.63, 3.8) is 0 Å². The summed E-state index contributed by atoms with van der Waals surface area (Å²) in [4.78, 5) is 21.0. The second-order valence-electron chi connectivity index (χ2n) is 6.42. The van der Waals surface area contributed by atoms with Crippen LogP contribution in [-0.4, -0.2) is 27.8 Å². The molecule has 1 aliphatic heterocycles. The van der Waals surface area contributed by atoms with Crippen LogP contribution in [0.2, 0.25) is 0 Å². The number of benzene rings is 2. The van der Waals surface area contributed by atoms with Crippen LogP contribution >= 0.6 is 12.2 Å². The van der Waals surface area contributed by atoms with E-state index in [1.807, 2.05) is 12.1 Å². The highest BCUT2D eigenvalue weighted by Gasteiger charge is 2.17. The monoisotopic (exact) mass is 418 g/mol. The molecule has 30 heavy (non-hydrogen) atoms. The summed E-state index contributed by atoms with van der Waals surface area (Å²) in [6.07, 6.45) is 3.37. The van der Waals surface area contributed by atoms with Crippen LogP contribution < -0.4 is 20.1 Å². The van der Waals surface area contributed by atoms with Gasteiger partial charge in [-0.15, -0.1) is 0 Å². The molecule has 5 rings (SSSR count). The molecule has 4 aromatic rings. The molecule has 0 spiro atoms. The molecule has 2 aromatic carbocycles. The highest BCUT2D eigenvalue weighted by Crippen LogP contribution is 2.32.